The van der Waals surface area contributed by atoms with Crippen molar-refractivity contribution in [1.82, 2.24) is 0 Å². The van der Waals surface area contributed by atoms with Gasteiger partial charge in [-0.05, 0) is 55.7 Å². The first-order valence-electron chi connectivity index (χ1n) is 7.66. The van der Waals surface area contributed by atoms with E-state index < -0.39 is 0 Å². The number of benzene rings is 2. The van der Waals surface area contributed by atoms with E-state index in [1.165, 1.54) is 36.8 Å². The van der Waals surface area contributed by atoms with Crippen LogP contribution in [0.4, 0.5) is 0 Å². The zero-order valence-electron chi connectivity index (χ0n) is 12.2. The number of hydrogen-bond acceptors (Lipinski definition) is 1. The summed E-state index contributed by atoms with van der Waals surface area (Å²) >= 11 is 0. The van der Waals surface area contributed by atoms with E-state index in [2.05, 4.69) is 60.7 Å². The summed E-state index contributed by atoms with van der Waals surface area (Å²) in [6, 6.07) is 21.5. The van der Waals surface area contributed by atoms with Crippen molar-refractivity contribution >= 4 is 0 Å². The molecule has 0 heterocycles. The minimum Gasteiger partial charge on any atom is -0.330 e. The second-order valence-electron chi connectivity index (χ2n) is 5.49. The van der Waals surface area contributed by atoms with Crippen molar-refractivity contribution < 1.29 is 0 Å². The third-order valence-electron chi connectivity index (χ3n) is 3.94. The summed E-state index contributed by atoms with van der Waals surface area (Å²) < 4.78 is 0. The Kier molecular flexibility index (Phi) is 6.33. The van der Waals surface area contributed by atoms with Crippen LogP contribution in [-0.4, -0.2) is 6.54 Å². The van der Waals surface area contributed by atoms with E-state index >= 15 is 0 Å². The standard InChI is InChI=1S/C19H25N/c20-16-15-19(13-11-17-7-3-1-4-8-17)14-12-18-9-5-2-6-10-18/h1-10,19H,11-16,20H2. The molecule has 0 saturated heterocycles. The van der Waals surface area contributed by atoms with Gasteiger partial charge in [0.1, 0.15) is 0 Å². The molecule has 20 heavy (non-hydrogen) atoms. The van der Waals surface area contributed by atoms with Crippen molar-refractivity contribution in [1.29, 1.82) is 0 Å². The Bertz CT molecular complexity index is 420. The maximum Gasteiger partial charge on any atom is -0.00746 e. The SMILES string of the molecule is NCCC(CCc1ccccc1)CCc1ccccc1. The van der Waals surface area contributed by atoms with Crippen molar-refractivity contribution in [2.75, 3.05) is 6.54 Å². The molecule has 0 aliphatic heterocycles. The summed E-state index contributed by atoms with van der Waals surface area (Å²) in [5.41, 5.74) is 8.65. The first-order chi connectivity index (χ1) is 9.88. The van der Waals surface area contributed by atoms with Crippen LogP contribution in [0.15, 0.2) is 60.7 Å². The molecule has 2 rings (SSSR count). The van der Waals surface area contributed by atoms with E-state index in [4.69, 9.17) is 5.73 Å². The number of hydrogen-bond donors (Lipinski definition) is 1. The molecule has 0 aliphatic rings. The zero-order valence-corrected chi connectivity index (χ0v) is 12.2. The van der Waals surface area contributed by atoms with Crippen LogP contribution in [0.2, 0.25) is 0 Å². The van der Waals surface area contributed by atoms with Crippen LogP contribution in [-0.2, 0) is 12.8 Å². The third kappa shape index (κ3) is 5.18. The minimum absolute atomic E-state index is 0.736. The number of aryl methyl sites for hydroxylation is 2. The summed E-state index contributed by atoms with van der Waals surface area (Å²) in [5, 5.41) is 0. The van der Waals surface area contributed by atoms with Gasteiger partial charge in [-0.3, -0.25) is 0 Å². The van der Waals surface area contributed by atoms with E-state index in [1.807, 2.05) is 0 Å². The highest BCUT2D eigenvalue weighted by Crippen LogP contribution is 2.19. The van der Waals surface area contributed by atoms with Crippen molar-refractivity contribution in [2.24, 2.45) is 11.7 Å². The Hall–Kier alpha value is -1.60. The molecule has 0 unspecified atom stereocenters. The molecule has 0 fully saturated rings. The molecule has 0 aliphatic carbocycles. The van der Waals surface area contributed by atoms with Crippen molar-refractivity contribution in [2.45, 2.75) is 32.1 Å². The second kappa shape index (κ2) is 8.55. The lowest BCUT2D eigenvalue weighted by Gasteiger charge is -2.16. The van der Waals surface area contributed by atoms with Gasteiger partial charge in [-0.25, -0.2) is 0 Å². The molecule has 0 amide bonds. The van der Waals surface area contributed by atoms with E-state index in [0.29, 0.717) is 0 Å². The normalized spacial score (nSPS) is 10.9. The highest BCUT2D eigenvalue weighted by atomic mass is 14.5. The van der Waals surface area contributed by atoms with Crippen LogP contribution in [0.5, 0.6) is 0 Å². The fraction of sp³-hybridized carbons (Fsp3) is 0.368. The van der Waals surface area contributed by atoms with E-state index in [9.17, 15) is 0 Å². The molecule has 0 spiro atoms. The average molecular weight is 267 g/mol. The van der Waals surface area contributed by atoms with Crippen LogP contribution < -0.4 is 5.73 Å². The smallest absolute Gasteiger partial charge is 0.00746 e. The average Bonchev–Trinajstić information content (AvgIpc) is 2.52. The molecular weight excluding hydrogens is 242 g/mol. The van der Waals surface area contributed by atoms with Gasteiger partial charge in [-0.2, -0.15) is 0 Å². The van der Waals surface area contributed by atoms with Crippen LogP contribution in [0.3, 0.4) is 0 Å². The van der Waals surface area contributed by atoms with Crippen LogP contribution in [0.25, 0.3) is 0 Å². The summed E-state index contributed by atoms with van der Waals surface area (Å²) in [7, 11) is 0. The lowest BCUT2D eigenvalue weighted by Crippen LogP contribution is -2.11. The topological polar surface area (TPSA) is 26.0 Å². The van der Waals surface area contributed by atoms with Gasteiger partial charge in [0.2, 0.25) is 0 Å². The second-order valence-corrected chi connectivity index (χ2v) is 5.49. The van der Waals surface area contributed by atoms with Gasteiger partial charge < -0.3 is 5.73 Å². The molecule has 0 atom stereocenters. The highest BCUT2D eigenvalue weighted by Gasteiger charge is 2.08. The summed E-state index contributed by atoms with van der Waals surface area (Å²) in [4.78, 5) is 0. The Morgan fingerprint density at radius 2 is 1.10 bits per heavy atom. The predicted molar refractivity (Wildman–Crippen MR) is 86.7 cm³/mol. The van der Waals surface area contributed by atoms with Gasteiger partial charge in [0, 0.05) is 0 Å². The summed E-state index contributed by atoms with van der Waals surface area (Å²) in [6.45, 7) is 0.800. The molecular formula is C19H25N. The first-order valence-corrected chi connectivity index (χ1v) is 7.66. The molecule has 0 aromatic heterocycles. The van der Waals surface area contributed by atoms with Crippen molar-refractivity contribution in [3.63, 3.8) is 0 Å². The molecule has 2 aromatic rings. The molecule has 0 radical (unpaired) electrons. The lowest BCUT2D eigenvalue weighted by molar-refractivity contribution is 0.426. The predicted octanol–water partition coefficient (Wildman–Crippen LogP) is 4.22. The van der Waals surface area contributed by atoms with Gasteiger partial charge in [0.25, 0.3) is 0 Å². The largest absolute Gasteiger partial charge is 0.330 e. The fourth-order valence-electron chi connectivity index (χ4n) is 2.70. The van der Waals surface area contributed by atoms with Crippen LogP contribution in [0.1, 0.15) is 30.4 Å². The summed E-state index contributed by atoms with van der Waals surface area (Å²) in [6.07, 6.45) is 5.96. The minimum atomic E-state index is 0.736. The maximum absolute atomic E-state index is 5.77. The molecule has 2 aromatic carbocycles. The van der Waals surface area contributed by atoms with E-state index in [-0.39, 0.29) is 0 Å². The Labute approximate surface area is 122 Å². The van der Waals surface area contributed by atoms with Crippen molar-refractivity contribution in [3.05, 3.63) is 71.8 Å². The molecule has 1 heteroatoms. The van der Waals surface area contributed by atoms with Crippen LogP contribution >= 0.6 is 0 Å². The number of nitrogens with two attached hydrogens (primary N) is 1. The Morgan fingerprint density at radius 3 is 1.50 bits per heavy atom. The number of rotatable bonds is 8. The van der Waals surface area contributed by atoms with Crippen molar-refractivity contribution in [3.8, 4) is 0 Å². The Morgan fingerprint density at radius 1 is 0.650 bits per heavy atom. The van der Waals surface area contributed by atoms with E-state index in [1.54, 1.807) is 0 Å². The van der Waals surface area contributed by atoms with Gasteiger partial charge >= 0.3 is 0 Å². The van der Waals surface area contributed by atoms with E-state index in [0.717, 1.165) is 18.9 Å². The van der Waals surface area contributed by atoms with Gasteiger partial charge in [-0.15, -0.1) is 0 Å². The molecule has 2 N–H and O–H groups in total. The molecule has 106 valence electrons. The molecule has 1 nitrogen and oxygen atoms in total. The highest BCUT2D eigenvalue weighted by molar-refractivity contribution is 5.15. The Balaban J connectivity index is 1.81. The quantitative estimate of drug-likeness (QED) is 0.761. The monoisotopic (exact) mass is 267 g/mol. The van der Waals surface area contributed by atoms with Gasteiger partial charge in [-0.1, -0.05) is 60.7 Å². The molecule has 0 saturated carbocycles. The molecule has 0 bridgehead atoms. The van der Waals surface area contributed by atoms with Crippen LogP contribution in [0, 0.1) is 5.92 Å². The summed E-state index contributed by atoms with van der Waals surface area (Å²) in [5.74, 6) is 0.736. The maximum atomic E-state index is 5.77. The first kappa shape index (κ1) is 14.8. The lowest BCUT2D eigenvalue weighted by atomic mass is 9.91. The zero-order chi connectivity index (χ0) is 14.0. The van der Waals surface area contributed by atoms with Gasteiger partial charge in [0.15, 0.2) is 0 Å². The van der Waals surface area contributed by atoms with Gasteiger partial charge in [0.05, 0.1) is 0 Å². The fourth-order valence-corrected chi connectivity index (χ4v) is 2.70. The third-order valence-corrected chi connectivity index (χ3v) is 3.94.